The molecule has 5 heteroatoms. The van der Waals surface area contributed by atoms with Gasteiger partial charge in [0.25, 0.3) is 5.79 Å². The molecule has 5 nitrogen and oxygen atoms in total. The molecule has 0 bridgehead atoms. The Balaban J connectivity index is 2.41. The van der Waals surface area contributed by atoms with E-state index in [-0.39, 0.29) is 5.78 Å². The maximum absolute atomic E-state index is 13.5. The summed E-state index contributed by atoms with van der Waals surface area (Å²) in [5, 5.41) is 0. The summed E-state index contributed by atoms with van der Waals surface area (Å²) in [5.74, 6) is -1.65. The largest absolute Gasteiger partial charge is 0.338 e. The van der Waals surface area contributed by atoms with Crippen molar-refractivity contribution in [1.82, 2.24) is 9.80 Å². The Bertz CT molecular complexity index is 673. The molecule has 0 N–H and O–H groups in total. The number of Topliss-reactive ketones (excluding diaryl/α,β-unsaturated/α-hetero) is 1. The molecule has 0 aliphatic rings. The van der Waals surface area contributed by atoms with Crippen LogP contribution in [0.1, 0.15) is 15.9 Å². The molecule has 0 heterocycles. The molecule has 0 aliphatic carbocycles. The summed E-state index contributed by atoms with van der Waals surface area (Å²) < 4.78 is 12.4. The van der Waals surface area contributed by atoms with Crippen LogP contribution < -0.4 is 0 Å². The molecule has 2 aromatic carbocycles. The number of likely N-dealkylation sites (N-methyl/N-ethyl adjacent to an activating group) is 2. The monoisotopic (exact) mass is 370 g/mol. The molecule has 146 valence electrons. The van der Waals surface area contributed by atoms with Gasteiger partial charge in [-0.05, 0) is 28.2 Å². The lowest BCUT2D eigenvalue weighted by molar-refractivity contribution is -0.211. The highest BCUT2D eigenvalue weighted by Gasteiger charge is 2.43. The maximum atomic E-state index is 13.5. The zero-order valence-electron chi connectivity index (χ0n) is 16.7. The third-order valence-corrected chi connectivity index (χ3v) is 4.18. The number of ketones is 1. The van der Waals surface area contributed by atoms with Crippen molar-refractivity contribution in [3.05, 3.63) is 71.8 Å². The average Bonchev–Trinajstić information content (AvgIpc) is 2.67. The molecule has 0 saturated heterocycles. The van der Waals surface area contributed by atoms with Crippen molar-refractivity contribution >= 4 is 5.78 Å². The predicted molar refractivity (Wildman–Crippen MR) is 108 cm³/mol. The van der Waals surface area contributed by atoms with E-state index in [0.29, 0.717) is 37.4 Å². The van der Waals surface area contributed by atoms with E-state index < -0.39 is 5.79 Å². The molecule has 2 aromatic rings. The van der Waals surface area contributed by atoms with E-state index in [2.05, 4.69) is 0 Å². The van der Waals surface area contributed by atoms with Crippen LogP contribution in [0, 0.1) is 0 Å². The summed E-state index contributed by atoms with van der Waals surface area (Å²) >= 11 is 0. The Morgan fingerprint density at radius 3 is 1.67 bits per heavy atom. The summed E-state index contributed by atoms with van der Waals surface area (Å²) in [4.78, 5) is 17.6. The highest BCUT2D eigenvalue weighted by molar-refractivity contribution is 6.02. The maximum Gasteiger partial charge on any atom is 0.261 e. The third-order valence-electron chi connectivity index (χ3n) is 4.18. The van der Waals surface area contributed by atoms with E-state index in [1.807, 2.05) is 86.5 Å². The van der Waals surface area contributed by atoms with Gasteiger partial charge in [0.15, 0.2) is 0 Å². The van der Waals surface area contributed by atoms with Crippen LogP contribution in [-0.4, -0.2) is 70.1 Å². The minimum absolute atomic E-state index is 0.188. The van der Waals surface area contributed by atoms with Crippen molar-refractivity contribution in [2.24, 2.45) is 0 Å². The van der Waals surface area contributed by atoms with E-state index in [0.717, 1.165) is 0 Å². The summed E-state index contributed by atoms with van der Waals surface area (Å²) in [6.07, 6.45) is 0. The summed E-state index contributed by atoms with van der Waals surface area (Å²) in [7, 11) is 7.89. The van der Waals surface area contributed by atoms with Crippen molar-refractivity contribution in [1.29, 1.82) is 0 Å². The average molecular weight is 370 g/mol. The second-order valence-corrected chi connectivity index (χ2v) is 6.98. The quantitative estimate of drug-likeness (QED) is 0.449. The molecule has 0 saturated carbocycles. The summed E-state index contributed by atoms with van der Waals surface area (Å²) in [6.45, 7) is 2.13. The predicted octanol–water partition coefficient (Wildman–Crippen LogP) is 2.88. The van der Waals surface area contributed by atoms with Gasteiger partial charge in [0, 0.05) is 24.2 Å². The van der Waals surface area contributed by atoms with Crippen molar-refractivity contribution < 1.29 is 14.3 Å². The molecule has 27 heavy (non-hydrogen) atoms. The van der Waals surface area contributed by atoms with E-state index >= 15 is 0 Å². The van der Waals surface area contributed by atoms with E-state index in [9.17, 15) is 4.79 Å². The van der Waals surface area contributed by atoms with Crippen molar-refractivity contribution in [2.45, 2.75) is 5.79 Å². The standard InChI is InChI=1S/C22H30N2O3/c1-23(2)15-17-26-22(27-18-16-24(3)4,20-13-9-6-10-14-20)21(25)19-11-7-5-8-12-19/h5-14H,15-18H2,1-4H3. The van der Waals surface area contributed by atoms with Gasteiger partial charge in [0.2, 0.25) is 5.78 Å². The zero-order chi connectivity index (χ0) is 19.7. The number of nitrogens with zero attached hydrogens (tertiary/aromatic N) is 2. The fourth-order valence-electron chi connectivity index (χ4n) is 2.65. The normalized spacial score (nSPS) is 11.9. The van der Waals surface area contributed by atoms with E-state index in [1.54, 1.807) is 12.1 Å². The van der Waals surface area contributed by atoms with Crippen LogP contribution in [0.2, 0.25) is 0 Å². The Labute approximate surface area is 162 Å². The highest BCUT2D eigenvalue weighted by Crippen LogP contribution is 2.32. The van der Waals surface area contributed by atoms with Crippen LogP contribution in [0.5, 0.6) is 0 Å². The Morgan fingerprint density at radius 1 is 0.778 bits per heavy atom. The first-order valence-corrected chi connectivity index (χ1v) is 9.18. The van der Waals surface area contributed by atoms with Gasteiger partial charge in [0.05, 0.1) is 13.2 Å². The van der Waals surface area contributed by atoms with Crippen LogP contribution >= 0.6 is 0 Å². The third kappa shape index (κ3) is 5.97. The van der Waals surface area contributed by atoms with Crippen molar-refractivity contribution in [3.63, 3.8) is 0 Å². The smallest absolute Gasteiger partial charge is 0.261 e. The van der Waals surface area contributed by atoms with Crippen LogP contribution in [0.4, 0.5) is 0 Å². The van der Waals surface area contributed by atoms with Gasteiger partial charge in [-0.3, -0.25) is 4.79 Å². The number of carbonyl (C=O) groups is 1. The summed E-state index contributed by atoms with van der Waals surface area (Å²) in [6, 6.07) is 18.7. The molecule has 0 aliphatic heterocycles. The van der Waals surface area contributed by atoms with Gasteiger partial charge in [-0.1, -0.05) is 60.7 Å². The number of benzene rings is 2. The molecule has 2 rings (SSSR count). The molecular formula is C22H30N2O3. The molecule has 0 aromatic heterocycles. The van der Waals surface area contributed by atoms with E-state index in [4.69, 9.17) is 9.47 Å². The Kier molecular flexibility index (Phi) is 8.13. The van der Waals surface area contributed by atoms with Gasteiger partial charge < -0.3 is 19.3 Å². The lowest BCUT2D eigenvalue weighted by Gasteiger charge is -2.33. The van der Waals surface area contributed by atoms with Gasteiger partial charge in [0.1, 0.15) is 0 Å². The van der Waals surface area contributed by atoms with Crippen LogP contribution in [0.3, 0.4) is 0 Å². The zero-order valence-corrected chi connectivity index (χ0v) is 16.7. The number of carbonyl (C=O) groups excluding carboxylic acids is 1. The highest BCUT2D eigenvalue weighted by atomic mass is 16.7. The fourth-order valence-corrected chi connectivity index (χ4v) is 2.65. The first-order chi connectivity index (χ1) is 13.0. The van der Waals surface area contributed by atoms with Gasteiger partial charge in [-0.2, -0.15) is 0 Å². The molecule has 0 atom stereocenters. The van der Waals surface area contributed by atoms with Gasteiger partial charge >= 0.3 is 0 Å². The number of rotatable bonds is 11. The lowest BCUT2D eigenvalue weighted by Crippen LogP contribution is -2.44. The first kappa shape index (κ1) is 21.3. The topological polar surface area (TPSA) is 42.0 Å². The SMILES string of the molecule is CN(C)CCOC(OCCN(C)C)(C(=O)c1ccccc1)c1ccccc1. The van der Waals surface area contributed by atoms with Crippen LogP contribution in [0.15, 0.2) is 60.7 Å². The fraction of sp³-hybridized carbons (Fsp3) is 0.409. The van der Waals surface area contributed by atoms with Crippen molar-refractivity contribution in [2.75, 3.05) is 54.5 Å². The molecule has 0 fully saturated rings. The van der Waals surface area contributed by atoms with Gasteiger partial charge in [-0.15, -0.1) is 0 Å². The minimum Gasteiger partial charge on any atom is -0.338 e. The first-order valence-electron chi connectivity index (χ1n) is 9.18. The van der Waals surface area contributed by atoms with E-state index in [1.165, 1.54) is 0 Å². The molecule has 0 unspecified atom stereocenters. The minimum atomic E-state index is -1.46. The number of hydrogen-bond donors (Lipinski definition) is 0. The Morgan fingerprint density at radius 2 is 1.22 bits per heavy atom. The second kappa shape index (κ2) is 10.3. The molecule has 0 radical (unpaired) electrons. The molecule has 0 amide bonds. The van der Waals surface area contributed by atoms with Crippen LogP contribution in [-0.2, 0) is 15.3 Å². The summed E-state index contributed by atoms with van der Waals surface area (Å²) in [5.41, 5.74) is 1.27. The Hall–Kier alpha value is -2.05. The number of ether oxygens (including phenoxy) is 2. The number of hydrogen-bond acceptors (Lipinski definition) is 5. The van der Waals surface area contributed by atoms with Crippen LogP contribution in [0.25, 0.3) is 0 Å². The molecular weight excluding hydrogens is 340 g/mol. The second-order valence-electron chi connectivity index (χ2n) is 6.98. The van der Waals surface area contributed by atoms with Crippen molar-refractivity contribution in [3.8, 4) is 0 Å². The van der Waals surface area contributed by atoms with Gasteiger partial charge in [-0.25, -0.2) is 0 Å². The lowest BCUT2D eigenvalue weighted by atomic mass is 9.95. The molecule has 0 spiro atoms.